The van der Waals surface area contributed by atoms with Crippen molar-refractivity contribution in [1.82, 2.24) is 5.32 Å². The van der Waals surface area contributed by atoms with Gasteiger partial charge in [-0.3, -0.25) is 0 Å². The Morgan fingerprint density at radius 3 is 2.76 bits per heavy atom. The second-order valence-corrected chi connectivity index (χ2v) is 6.40. The molecule has 116 valence electrons. The fourth-order valence-electron chi connectivity index (χ4n) is 2.31. The van der Waals surface area contributed by atoms with Gasteiger partial charge in [0.1, 0.15) is 0 Å². The maximum absolute atomic E-state index is 12.0. The van der Waals surface area contributed by atoms with E-state index in [-0.39, 0.29) is 18.1 Å². The summed E-state index contributed by atoms with van der Waals surface area (Å²) in [6.07, 6.45) is 1.53. The lowest BCUT2D eigenvalue weighted by Crippen LogP contribution is -2.44. The van der Waals surface area contributed by atoms with E-state index in [1.165, 1.54) is 0 Å². The number of urea groups is 1. The van der Waals surface area contributed by atoms with Gasteiger partial charge in [-0.15, -0.1) is 0 Å². The van der Waals surface area contributed by atoms with Crippen LogP contribution >= 0.6 is 15.9 Å². The molecule has 1 heterocycles. The first-order valence-corrected chi connectivity index (χ1v) is 7.84. The van der Waals surface area contributed by atoms with E-state index < -0.39 is 0 Å². The number of carbonyl (C=O) groups excluding carboxylic acids is 1. The number of benzene rings is 1. The molecule has 1 aromatic carbocycles. The summed E-state index contributed by atoms with van der Waals surface area (Å²) < 4.78 is 6.26. The third-order valence-corrected chi connectivity index (χ3v) is 4.80. The molecule has 2 amide bonds. The van der Waals surface area contributed by atoms with E-state index in [9.17, 15) is 9.90 Å². The molecule has 0 aromatic heterocycles. The van der Waals surface area contributed by atoms with Crippen LogP contribution < -0.4 is 10.6 Å². The van der Waals surface area contributed by atoms with Crippen LogP contribution in [0.2, 0.25) is 0 Å². The number of anilines is 1. The zero-order valence-electron chi connectivity index (χ0n) is 12.1. The van der Waals surface area contributed by atoms with Gasteiger partial charge in [0.25, 0.3) is 0 Å². The molecular formula is C15H21BrN2O3. The Balaban J connectivity index is 1.87. The molecule has 1 aromatic rings. The van der Waals surface area contributed by atoms with Gasteiger partial charge in [0.05, 0.1) is 6.61 Å². The van der Waals surface area contributed by atoms with Crippen LogP contribution in [-0.2, 0) is 4.74 Å². The van der Waals surface area contributed by atoms with Gasteiger partial charge < -0.3 is 20.5 Å². The summed E-state index contributed by atoms with van der Waals surface area (Å²) in [7, 11) is 0. The molecule has 1 fully saturated rings. The standard InChI is InChI=1S/C15H21BrN2O3/c1-11-2-3-12(8-13(11)16)18-14(20)17-9-15(10-19)4-6-21-7-5-15/h2-3,8,19H,4-7,9-10H2,1H3,(H2,17,18,20). The maximum atomic E-state index is 12.0. The van der Waals surface area contributed by atoms with Crippen molar-refractivity contribution in [3.8, 4) is 0 Å². The summed E-state index contributed by atoms with van der Waals surface area (Å²) in [5.74, 6) is 0. The number of aryl methyl sites for hydroxylation is 1. The normalized spacial score (nSPS) is 17.3. The highest BCUT2D eigenvalue weighted by molar-refractivity contribution is 9.10. The van der Waals surface area contributed by atoms with Crippen molar-refractivity contribution in [3.05, 3.63) is 28.2 Å². The Morgan fingerprint density at radius 2 is 2.14 bits per heavy atom. The highest BCUT2D eigenvalue weighted by atomic mass is 79.9. The lowest BCUT2D eigenvalue weighted by Gasteiger charge is -2.35. The van der Waals surface area contributed by atoms with Crippen LogP contribution in [0.3, 0.4) is 0 Å². The van der Waals surface area contributed by atoms with Crippen molar-refractivity contribution in [2.45, 2.75) is 19.8 Å². The summed E-state index contributed by atoms with van der Waals surface area (Å²) in [6.45, 7) is 3.77. The van der Waals surface area contributed by atoms with E-state index in [0.717, 1.165) is 28.6 Å². The molecule has 0 atom stereocenters. The first-order chi connectivity index (χ1) is 10.0. The van der Waals surface area contributed by atoms with Gasteiger partial charge in [-0.25, -0.2) is 4.79 Å². The first-order valence-electron chi connectivity index (χ1n) is 7.04. The number of hydrogen-bond donors (Lipinski definition) is 3. The molecule has 6 heteroatoms. The predicted octanol–water partition coefficient (Wildman–Crippen LogP) is 2.67. The molecule has 21 heavy (non-hydrogen) atoms. The predicted molar refractivity (Wildman–Crippen MR) is 85.5 cm³/mol. The quantitative estimate of drug-likeness (QED) is 0.776. The molecule has 0 aliphatic carbocycles. The number of amides is 2. The fourth-order valence-corrected chi connectivity index (χ4v) is 2.69. The minimum Gasteiger partial charge on any atom is -0.396 e. The molecule has 0 bridgehead atoms. The van der Waals surface area contributed by atoms with E-state index in [1.807, 2.05) is 25.1 Å². The van der Waals surface area contributed by atoms with Gasteiger partial charge in [-0.1, -0.05) is 22.0 Å². The Kier molecular flexibility index (Phi) is 5.61. The number of nitrogens with one attached hydrogen (secondary N) is 2. The Bertz CT molecular complexity index is 502. The van der Waals surface area contributed by atoms with Gasteiger partial charge in [-0.05, 0) is 37.5 Å². The maximum Gasteiger partial charge on any atom is 0.319 e. The van der Waals surface area contributed by atoms with Crippen LogP contribution in [0.1, 0.15) is 18.4 Å². The summed E-state index contributed by atoms with van der Waals surface area (Å²) >= 11 is 3.44. The molecule has 0 radical (unpaired) electrons. The number of halogens is 1. The average Bonchev–Trinajstić information content (AvgIpc) is 2.50. The summed E-state index contributed by atoms with van der Waals surface area (Å²) in [5.41, 5.74) is 1.58. The summed E-state index contributed by atoms with van der Waals surface area (Å²) in [6, 6.07) is 5.40. The van der Waals surface area contributed by atoms with Crippen LogP contribution in [-0.4, -0.2) is 37.5 Å². The van der Waals surface area contributed by atoms with Crippen molar-refractivity contribution in [3.63, 3.8) is 0 Å². The molecule has 0 spiro atoms. The Morgan fingerprint density at radius 1 is 1.43 bits per heavy atom. The smallest absolute Gasteiger partial charge is 0.319 e. The van der Waals surface area contributed by atoms with E-state index in [4.69, 9.17) is 4.74 Å². The number of aliphatic hydroxyl groups excluding tert-OH is 1. The van der Waals surface area contributed by atoms with Gasteiger partial charge in [0.2, 0.25) is 0 Å². The van der Waals surface area contributed by atoms with E-state index in [1.54, 1.807) is 0 Å². The summed E-state index contributed by atoms with van der Waals surface area (Å²) in [4.78, 5) is 12.0. The molecule has 1 aliphatic heterocycles. The Labute approximate surface area is 133 Å². The largest absolute Gasteiger partial charge is 0.396 e. The average molecular weight is 357 g/mol. The monoisotopic (exact) mass is 356 g/mol. The van der Waals surface area contributed by atoms with Crippen LogP contribution in [0.25, 0.3) is 0 Å². The zero-order valence-corrected chi connectivity index (χ0v) is 13.7. The molecule has 1 aliphatic rings. The molecule has 0 unspecified atom stereocenters. The minimum absolute atomic E-state index is 0.0622. The number of hydrogen-bond acceptors (Lipinski definition) is 3. The highest BCUT2D eigenvalue weighted by Gasteiger charge is 2.32. The SMILES string of the molecule is Cc1ccc(NC(=O)NCC2(CO)CCOCC2)cc1Br. The molecule has 5 nitrogen and oxygen atoms in total. The molecule has 0 saturated carbocycles. The third-order valence-electron chi connectivity index (χ3n) is 3.94. The highest BCUT2D eigenvalue weighted by Crippen LogP contribution is 2.29. The lowest BCUT2D eigenvalue weighted by atomic mass is 9.81. The van der Waals surface area contributed by atoms with Crippen molar-refractivity contribution >= 4 is 27.6 Å². The Hall–Kier alpha value is -1.11. The fraction of sp³-hybridized carbons (Fsp3) is 0.533. The van der Waals surface area contributed by atoms with Gasteiger partial charge in [-0.2, -0.15) is 0 Å². The van der Waals surface area contributed by atoms with E-state index in [2.05, 4.69) is 26.6 Å². The van der Waals surface area contributed by atoms with Gasteiger partial charge in [0.15, 0.2) is 0 Å². The summed E-state index contributed by atoms with van der Waals surface area (Å²) in [5, 5.41) is 15.2. The van der Waals surface area contributed by atoms with Crippen LogP contribution in [0.5, 0.6) is 0 Å². The topological polar surface area (TPSA) is 70.6 Å². The van der Waals surface area contributed by atoms with Crippen LogP contribution in [0.4, 0.5) is 10.5 Å². The van der Waals surface area contributed by atoms with Crippen molar-refractivity contribution < 1.29 is 14.6 Å². The number of ether oxygens (including phenoxy) is 1. The van der Waals surface area contributed by atoms with Gasteiger partial charge >= 0.3 is 6.03 Å². The van der Waals surface area contributed by atoms with Crippen LogP contribution in [0.15, 0.2) is 22.7 Å². The molecule has 1 saturated heterocycles. The van der Waals surface area contributed by atoms with E-state index >= 15 is 0 Å². The zero-order chi connectivity index (χ0) is 15.3. The number of rotatable bonds is 4. The number of aliphatic hydroxyl groups is 1. The second kappa shape index (κ2) is 7.24. The van der Waals surface area contributed by atoms with E-state index in [0.29, 0.717) is 19.8 Å². The third kappa shape index (κ3) is 4.43. The molecule has 3 N–H and O–H groups in total. The molecule has 2 rings (SSSR count). The number of carbonyl (C=O) groups is 1. The van der Waals surface area contributed by atoms with Crippen molar-refractivity contribution in [1.29, 1.82) is 0 Å². The second-order valence-electron chi connectivity index (χ2n) is 5.54. The van der Waals surface area contributed by atoms with Crippen molar-refractivity contribution in [2.24, 2.45) is 5.41 Å². The lowest BCUT2D eigenvalue weighted by molar-refractivity contribution is -0.0136. The van der Waals surface area contributed by atoms with Crippen LogP contribution in [0, 0.1) is 12.3 Å². The first kappa shape index (κ1) is 16.3. The van der Waals surface area contributed by atoms with Crippen molar-refractivity contribution in [2.75, 3.05) is 31.7 Å². The van der Waals surface area contributed by atoms with Gasteiger partial charge in [0, 0.05) is 35.3 Å². The molecular weight excluding hydrogens is 336 g/mol. The minimum atomic E-state index is -0.260.